The molecule has 1 aromatic rings. The molecule has 0 fully saturated rings. The smallest absolute Gasteiger partial charge is 0.238 e. The molecule has 94 valence electrons. The number of nitrogens with two attached hydrogens (primary N) is 1. The van der Waals surface area contributed by atoms with E-state index in [0.29, 0.717) is 12.6 Å². The Morgan fingerprint density at radius 2 is 2.06 bits per heavy atom. The lowest BCUT2D eigenvalue weighted by atomic mass is 10.1. The summed E-state index contributed by atoms with van der Waals surface area (Å²) in [7, 11) is 1.89. The Hall–Kier alpha value is -1.59. The van der Waals surface area contributed by atoms with E-state index >= 15 is 0 Å². The third-order valence-electron chi connectivity index (χ3n) is 2.44. The summed E-state index contributed by atoms with van der Waals surface area (Å²) in [6.45, 7) is 2.65. The molecule has 0 bridgehead atoms. The highest BCUT2D eigenvalue weighted by atomic mass is 16.5. The number of hydrogen-bond donors (Lipinski definition) is 3. The van der Waals surface area contributed by atoms with Gasteiger partial charge in [0, 0.05) is 6.04 Å². The van der Waals surface area contributed by atoms with Crippen molar-refractivity contribution in [2.45, 2.75) is 19.4 Å². The highest BCUT2D eigenvalue weighted by Gasteiger charge is 2.02. The summed E-state index contributed by atoms with van der Waals surface area (Å²) in [5.41, 5.74) is 3.00. The van der Waals surface area contributed by atoms with Gasteiger partial charge in [-0.2, -0.15) is 0 Å². The van der Waals surface area contributed by atoms with Crippen LogP contribution in [0.15, 0.2) is 24.3 Å². The van der Waals surface area contributed by atoms with E-state index in [-0.39, 0.29) is 12.3 Å². The van der Waals surface area contributed by atoms with Crippen LogP contribution >= 0.6 is 0 Å². The first-order valence-corrected chi connectivity index (χ1v) is 5.54. The number of benzene rings is 1. The topological polar surface area (TPSA) is 76.4 Å². The lowest BCUT2D eigenvalue weighted by Crippen LogP contribution is -2.31. The standard InChI is InChI=1S/C12H19N3O2/c1-9(14-2)8-17-11-5-3-10(4-6-11)7-12(16)15-13/h3-6,9,14H,7-8,13H2,1-2H3,(H,15,16)/t9-/m0/s1. The predicted molar refractivity (Wildman–Crippen MR) is 66.5 cm³/mol. The fourth-order valence-electron chi connectivity index (χ4n) is 1.24. The van der Waals surface area contributed by atoms with Crippen molar-refractivity contribution in [2.75, 3.05) is 13.7 Å². The summed E-state index contributed by atoms with van der Waals surface area (Å²) < 4.78 is 5.56. The zero-order valence-electron chi connectivity index (χ0n) is 10.2. The fraction of sp³-hybridized carbons (Fsp3) is 0.417. The lowest BCUT2D eigenvalue weighted by molar-refractivity contribution is -0.120. The Bertz CT molecular complexity index is 351. The number of rotatable bonds is 6. The number of hydrogen-bond acceptors (Lipinski definition) is 4. The molecule has 17 heavy (non-hydrogen) atoms. The quantitative estimate of drug-likeness (QED) is 0.375. The largest absolute Gasteiger partial charge is 0.492 e. The van der Waals surface area contributed by atoms with Gasteiger partial charge in [0.2, 0.25) is 5.91 Å². The molecular weight excluding hydrogens is 218 g/mol. The Labute approximate surface area is 101 Å². The van der Waals surface area contributed by atoms with E-state index in [1.165, 1.54) is 0 Å². The monoisotopic (exact) mass is 237 g/mol. The summed E-state index contributed by atoms with van der Waals surface area (Å²) in [5, 5.41) is 3.09. The van der Waals surface area contributed by atoms with E-state index in [2.05, 4.69) is 10.7 Å². The lowest BCUT2D eigenvalue weighted by Gasteiger charge is -2.12. The first-order valence-electron chi connectivity index (χ1n) is 5.54. The second-order valence-electron chi connectivity index (χ2n) is 3.89. The van der Waals surface area contributed by atoms with E-state index in [1.54, 1.807) is 0 Å². The van der Waals surface area contributed by atoms with Crippen molar-refractivity contribution in [3.63, 3.8) is 0 Å². The van der Waals surface area contributed by atoms with Gasteiger partial charge in [-0.1, -0.05) is 12.1 Å². The van der Waals surface area contributed by atoms with Crippen LogP contribution in [-0.2, 0) is 11.2 Å². The van der Waals surface area contributed by atoms with Crippen LogP contribution in [0.5, 0.6) is 5.75 Å². The zero-order valence-corrected chi connectivity index (χ0v) is 10.2. The Kier molecular flexibility index (Phi) is 5.45. The van der Waals surface area contributed by atoms with Crippen molar-refractivity contribution >= 4 is 5.91 Å². The number of ether oxygens (including phenoxy) is 1. The van der Waals surface area contributed by atoms with Crippen LogP contribution in [0.25, 0.3) is 0 Å². The summed E-state index contributed by atoms with van der Waals surface area (Å²) in [4.78, 5) is 11.0. The van der Waals surface area contributed by atoms with Gasteiger partial charge in [0.05, 0.1) is 6.42 Å². The molecule has 1 aromatic carbocycles. The summed E-state index contributed by atoms with van der Waals surface area (Å²) >= 11 is 0. The third-order valence-corrected chi connectivity index (χ3v) is 2.44. The molecule has 1 atom stereocenters. The Morgan fingerprint density at radius 3 is 2.59 bits per heavy atom. The highest BCUT2D eigenvalue weighted by molar-refractivity contribution is 5.77. The summed E-state index contributed by atoms with van der Waals surface area (Å²) in [6, 6.07) is 7.71. The van der Waals surface area contributed by atoms with Crippen LogP contribution in [0.4, 0.5) is 0 Å². The summed E-state index contributed by atoms with van der Waals surface area (Å²) in [6.07, 6.45) is 0.281. The number of hydrazine groups is 1. The number of likely N-dealkylation sites (N-methyl/N-ethyl adjacent to an activating group) is 1. The molecule has 1 amide bonds. The maximum Gasteiger partial charge on any atom is 0.238 e. The molecule has 0 saturated heterocycles. The molecule has 0 saturated carbocycles. The molecule has 0 aliphatic carbocycles. The van der Waals surface area contributed by atoms with Crippen LogP contribution in [0.2, 0.25) is 0 Å². The minimum absolute atomic E-state index is 0.206. The Morgan fingerprint density at radius 1 is 1.41 bits per heavy atom. The molecule has 0 heterocycles. The van der Waals surface area contributed by atoms with Crippen molar-refractivity contribution in [1.29, 1.82) is 0 Å². The molecule has 0 radical (unpaired) electrons. The number of amides is 1. The van der Waals surface area contributed by atoms with Gasteiger partial charge in [-0.25, -0.2) is 5.84 Å². The molecule has 0 unspecified atom stereocenters. The molecule has 0 spiro atoms. The van der Waals surface area contributed by atoms with Crippen molar-refractivity contribution in [3.05, 3.63) is 29.8 Å². The van der Waals surface area contributed by atoms with Crippen LogP contribution < -0.4 is 21.3 Å². The van der Waals surface area contributed by atoms with Gasteiger partial charge in [-0.15, -0.1) is 0 Å². The fourth-order valence-corrected chi connectivity index (χ4v) is 1.24. The molecule has 0 aliphatic rings. The number of nitrogens with one attached hydrogen (secondary N) is 2. The van der Waals surface area contributed by atoms with E-state index < -0.39 is 0 Å². The average molecular weight is 237 g/mol. The molecular formula is C12H19N3O2. The van der Waals surface area contributed by atoms with E-state index in [1.807, 2.05) is 38.2 Å². The SMILES string of the molecule is CN[C@@H](C)COc1ccc(CC(=O)NN)cc1. The van der Waals surface area contributed by atoms with Crippen molar-refractivity contribution < 1.29 is 9.53 Å². The predicted octanol–water partition coefficient (Wildman–Crippen LogP) is 0.206. The average Bonchev–Trinajstić information content (AvgIpc) is 2.37. The van der Waals surface area contributed by atoms with E-state index in [0.717, 1.165) is 11.3 Å². The number of carbonyl (C=O) groups excluding carboxylic acids is 1. The van der Waals surface area contributed by atoms with Crippen molar-refractivity contribution in [3.8, 4) is 5.75 Å². The summed E-state index contributed by atoms with van der Waals surface area (Å²) in [5.74, 6) is 5.60. The molecule has 0 aromatic heterocycles. The molecule has 0 aliphatic heterocycles. The van der Waals surface area contributed by atoms with Crippen molar-refractivity contribution in [1.82, 2.24) is 10.7 Å². The van der Waals surface area contributed by atoms with E-state index in [9.17, 15) is 4.79 Å². The zero-order chi connectivity index (χ0) is 12.7. The van der Waals surface area contributed by atoms with E-state index in [4.69, 9.17) is 10.6 Å². The maximum atomic E-state index is 11.0. The van der Waals surface area contributed by atoms with Gasteiger partial charge in [0.1, 0.15) is 12.4 Å². The van der Waals surface area contributed by atoms with Gasteiger partial charge in [-0.05, 0) is 31.7 Å². The van der Waals surface area contributed by atoms with Gasteiger partial charge in [-0.3, -0.25) is 10.2 Å². The van der Waals surface area contributed by atoms with Gasteiger partial charge < -0.3 is 10.1 Å². The molecule has 1 rings (SSSR count). The first-order chi connectivity index (χ1) is 8.15. The maximum absolute atomic E-state index is 11.0. The molecule has 4 N–H and O–H groups in total. The Balaban J connectivity index is 2.47. The minimum Gasteiger partial charge on any atom is -0.492 e. The number of carbonyl (C=O) groups is 1. The first kappa shape index (κ1) is 13.5. The van der Waals surface area contributed by atoms with Gasteiger partial charge in [0.25, 0.3) is 0 Å². The second-order valence-corrected chi connectivity index (χ2v) is 3.89. The van der Waals surface area contributed by atoms with Crippen LogP contribution in [0.1, 0.15) is 12.5 Å². The third kappa shape index (κ3) is 4.84. The van der Waals surface area contributed by atoms with Gasteiger partial charge in [0.15, 0.2) is 0 Å². The normalized spacial score (nSPS) is 11.9. The molecule has 5 heteroatoms. The molecule has 5 nitrogen and oxygen atoms in total. The van der Waals surface area contributed by atoms with Crippen LogP contribution in [0, 0.1) is 0 Å². The minimum atomic E-state index is -0.206. The van der Waals surface area contributed by atoms with Gasteiger partial charge >= 0.3 is 0 Å². The second kappa shape index (κ2) is 6.88. The van der Waals surface area contributed by atoms with Crippen LogP contribution in [0.3, 0.4) is 0 Å². The highest BCUT2D eigenvalue weighted by Crippen LogP contribution is 2.12. The van der Waals surface area contributed by atoms with Crippen LogP contribution in [-0.4, -0.2) is 25.6 Å². The van der Waals surface area contributed by atoms with Crippen molar-refractivity contribution in [2.24, 2.45) is 5.84 Å².